The van der Waals surface area contributed by atoms with E-state index in [0.717, 1.165) is 22.8 Å². The van der Waals surface area contributed by atoms with Crippen LogP contribution >= 0.6 is 12.2 Å². The minimum atomic E-state index is -0.0544. The van der Waals surface area contributed by atoms with Crippen LogP contribution in [0.3, 0.4) is 0 Å². The van der Waals surface area contributed by atoms with Gasteiger partial charge in [0.15, 0.2) is 5.11 Å². The Morgan fingerprint density at radius 3 is 2.14 bits per heavy atom. The first-order valence-corrected chi connectivity index (χ1v) is 10.0. The summed E-state index contributed by atoms with van der Waals surface area (Å²) >= 11 is 5.79. The number of nitrogens with one attached hydrogen (secondary N) is 1. The number of pyridine rings is 1. The molecule has 3 heterocycles. The molecule has 0 saturated carbocycles. The van der Waals surface area contributed by atoms with Crippen molar-refractivity contribution in [2.75, 3.05) is 4.90 Å². The van der Waals surface area contributed by atoms with E-state index in [1.807, 2.05) is 42.6 Å². The Morgan fingerprint density at radius 1 is 0.759 bits per heavy atom. The number of aromatic nitrogens is 2. The van der Waals surface area contributed by atoms with Crippen LogP contribution in [0.1, 0.15) is 23.5 Å². The van der Waals surface area contributed by atoms with E-state index < -0.39 is 0 Å². The van der Waals surface area contributed by atoms with Crippen molar-refractivity contribution in [2.45, 2.75) is 12.1 Å². The number of thiocarbonyl (C=S) groups is 1. The summed E-state index contributed by atoms with van der Waals surface area (Å²) in [4.78, 5) is 6.83. The minimum absolute atomic E-state index is 0.0324. The molecule has 0 aliphatic carbocycles. The van der Waals surface area contributed by atoms with Crippen molar-refractivity contribution < 1.29 is 0 Å². The molecule has 29 heavy (non-hydrogen) atoms. The van der Waals surface area contributed by atoms with Gasteiger partial charge in [0.05, 0.1) is 11.7 Å². The number of nitrogens with zero attached hydrogens (tertiary/aromatic N) is 3. The van der Waals surface area contributed by atoms with Gasteiger partial charge in [-0.3, -0.25) is 4.98 Å². The molecule has 4 nitrogen and oxygen atoms in total. The van der Waals surface area contributed by atoms with E-state index >= 15 is 0 Å². The van der Waals surface area contributed by atoms with Gasteiger partial charge in [-0.2, -0.15) is 0 Å². The summed E-state index contributed by atoms with van der Waals surface area (Å²) in [7, 11) is 0. The van der Waals surface area contributed by atoms with Crippen LogP contribution < -0.4 is 10.2 Å². The number of para-hydroxylation sites is 2. The Kier molecular flexibility index (Phi) is 4.58. The van der Waals surface area contributed by atoms with Crippen molar-refractivity contribution >= 4 is 23.0 Å². The first-order chi connectivity index (χ1) is 14.3. The maximum Gasteiger partial charge on any atom is 0.174 e. The highest BCUT2D eigenvalue weighted by molar-refractivity contribution is 7.80. The smallest absolute Gasteiger partial charge is 0.174 e. The molecule has 1 N–H and O–H groups in total. The molecule has 1 saturated heterocycles. The molecule has 1 aliphatic heterocycles. The maximum atomic E-state index is 5.79. The third kappa shape index (κ3) is 3.19. The van der Waals surface area contributed by atoms with Crippen LogP contribution in [0.15, 0.2) is 103 Å². The lowest BCUT2D eigenvalue weighted by Crippen LogP contribution is -2.30. The average Bonchev–Trinajstić information content (AvgIpc) is 3.40. The second-order valence-corrected chi connectivity index (χ2v) is 7.36. The van der Waals surface area contributed by atoms with Gasteiger partial charge in [0.2, 0.25) is 0 Å². The molecule has 1 aliphatic rings. The van der Waals surface area contributed by atoms with Crippen molar-refractivity contribution in [1.82, 2.24) is 14.9 Å². The van der Waals surface area contributed by atoms with E-state index in [1.165, 1.54) is 0 Å². The zero-order valence-corrected chi connectivity index (χ0v) is 16.5. The number of benzene rings is 2. The molecule has 2 aromatic carbocycles. The van der Waals surface area contributed by atoms with Crippen LogP contribution in [0.4, 0.5) is 5.69 Å². The molecule has 0 amide bonds. The third-order valence-corrected chi connectivity index (χ3v) is 5.56. The number of anilines is 1. The summed E-state index contributed by atoms with van der Waals surface area (Å²) in [6.07, 6.45) is 3.93. The molecular weight excluding hydrogens is 376 g/mol. The molecule has 2 atom stereocenters. The van der Waals surface area contributed by atoms with Gasteiger partial charge in [-0.15, -0.1) is 0 Å². The van der Waals surface area contributed by atoms with Crippen molar-refractivity contribution in [3.63, 3.8) is 0 Å². The number of hydrogen-bond donors (Lipinski definition) is 1. The van der Waals surface area contributed by atoms with Gasteiger partial charge in [0.25, 0.3) is 0 Å². The first kappa shape index (κ1) is 17.6. The summed E-state index contributed by atoms with van der Waals surface area (Å²) in [6, 6.07) is 30.9. The van der Waals surface area contributed by atoms with Crippen molar-refractivity contribution in [1.29, 1.82) is 0 Å². The lowest BCUT2D eigenvalue weighted by atomic mass is 10.0. The highest BCUT2D eigenvalue weighted by atomic mass is 32.1. The van der Waals surface area contributed by atoms with Gasteiger partial charge in [-0.05, 0) is 60.7 Å². The Labute approximate surface area is 175 Å². The Morgan fingerprint density at radius 2 is 1.45 bits per heavy atom. The van der Waals surface area contributed by atoms with Crippen LogP contribution in [-0.4, -0.2) is 14.7 Å². The van der Waals surface area contributed by atoms with E-state index in [-0.39, 0.29) is 12.1 Å². The van der Waals surface area contributed by atoms with Gasteiger partial charge in [-0.1, -0.05) is 42.5 Å². The van der Waals surface area contributed by atoms with Crippen LogP contribution in [0, 0.1) is 0 Å². The summed E-state index contributed by atoms with van der Waals surface area (Å²) in [6.45, 7) is 0. The van der Waals surface area contributed by atoms with Gasteiger partial charge in [0.1, 0.15) is 6.04 Å². The second kappa shape index (κ2) is 7.53. The fraction of sp³-hybridized carbons (Fsp3) is 0.0833. The minimum Gasteiger partial charge on any atom is -0.351 e. The van der Waals surface area contributed by atoms with E-state index in [1.54, 1.807) is 0 Å². The largest absolute Gasteiger partial charge is 0.351 e. The molecule has 0 bridgehead atoms. The van der Waals surface area contributed by atoms with Crippen molar-refractivity contribution in [2.24, 2.45) is 0 Å². The van der Waals surface area contributed by atoms with Crippen LogP contribution in [0.5, 0.6) is 0 Å². The molecular formula is C24H20N4S. The van der Waals surface area contributed by atoms with Crippen molar-refractivity contribution in [3.8, 4) is 5.69 Å². The van der Waals surface area contributed by atoms with Gasteiger partial charge in [0, 0.05) is 29.5 Å². The fourth-order valence-corrected chi connectivity index (χ4v) is 4.33. The van der Waals surface area contributed by atoms with E-state index in [4.69, 9.17) is 12.2 Å². The van der Waals surface area contributed by atoms with Crippen LogP contribution in [0.25, 0.3) is 5.69 Å². The Balaban J connectivity index is 1.67. The molecule has 2 aromatic heterocycles. The van der Waals surface area contributed by atoms with Crippen LogP contribution in [0.2, 0.25) is 0 Å². The lowest BCUT2D eigenvalue weighted by molar-refractivity contribution is 0.549. The molecule has 0 unspecified atom stereocenters. The highest BCUT2D eigenvalue weighted by Gasteiger charge is 2.42. The molecule has 5 heteroatoms. The topological polar surface area (TPSA) is 33.1 Å². The predicted molar refractivity (Wildman–Crippen MR) is 120 cm³/mol. The molecule has 4 aromatic rings. The van der Waals surface area contributed by atoms with Crippen LogP contribution in [-0.2, 0) is 0 Å². The molecule has 0 spiro atoms. The zero-order valence-electron chi connectivity index (χ0n) is 15.7. The Bertz CT molecular complexity index is 1110. The first-order valence-electron chi connectivity index (χ1n) is 9.61. The molecule has 1 fully saturated rings. The number of rotatable bonds is 4. The predicted octanol–water partition coefficient (Wildman–Crippen LogP) is 5.05. The number of hydrogen-bond acceptors (Lipinski definition) is 2. The van der Waals surface area contributed by atoms with E-state index in [0.29, 0.717) is 5.11 Å². The Hall–Kier alpha value is -3.44. The summed E-state index contributed by atoms with van der Waals surface area (Å²) in [5.41, 5.74) is 4.31. The quantitative estimate of drug-likeness (QED) is 0.490. The normalized spacial score (nSPS) is 18.6. The zero-order chi connectivity index (χ0) is 19.6. The summed E-state index contributed by atoms with van der Waals surface area (Å²) in [5, 5.41) is 4.22. The average molecular weight is 397 g/mol. The summed E-state index contributed by atoms with van der Waals surface area (Å²) < 4.78 is 2.23. The van der Waals surface area contributed by atoms with Gasteiger partial charge < -0.3 is 14.8 Å². The lowest BCUT2D eigenvalue weighted by Gasteiger charge is -2.29. The standard InChI is InChI=1S/C24H20N4S/c29-24-26-22(20-14-7-8-16-25-20)23(28(24)19-12-5-2-6-13-19)21-15-9-17-27(21)18-10-3-1-4-11-18/h1-17,22-23H,(H,26,29)/t22-,23+/m1/s1. The molecule has 142 valence electrons. The van der Waals surface area contributed by atoms with Crippen molar-refractivity contribution in [3.05, 3.63) is 115 Å². The third-order valence-electron chi connectivity index (χ3n) is 5.25. The second-order valence-electron chi connectivity index (χ2n) is 6.97. The van der Waals surface area contributed by atoms with Gasteiger partial charge >= 0.3 is 0 Å². The SMILES string of the molecule is S=C1N[C@H](c2ccccn2)[C@H](c2cccn2-c2ccccc2)N1c1ccccc1. The monoisotopic (exact) mass is 396 g/mol. The van der Waals surface area contributed by atoms with E-state index in [9.17, 15) is 0 Å². The maximum absolute atomic E-state index is 5.79. The fourth-order valence-electron chi connectivity index (χ4n) is 3.98. The molecule has 0 radical (unpaired) electrons. The van der Waals surface area contributed by atoms with Gasteiger partial charge in [-0.25, -0.2) is 0 Å². The summed E-state index contributed by atoms with van der Waals surface area (Å²) in [5.74, 6) is 0. The molecule has 5 rings (SSSR count). The van der Waals surface area contributed by atoms with E-state index in [2.05, 4.69) is 80.6 Å². The highest BCUT2D eigenvalue weighted by Crippen LogP contribution is 2.42.